The second-order valence-corrected chi connectivity index (χ2v) is 7.32. The molecule has 3 rings (SSSR count). The molecule has 1 heterocycles. The number of hydrogen-bond acceptors (Lipinski definition) is 2. The Hall–Kier alpha value is -2.39. The molecule has 0 aromatic heterocycles. The van der Waals surface area contributed by atoms with Gasteiger partial charge in [0.1, 0.15) is 0 Å². The maximum Gasteiger partial charge on any atom is 0.251 e. The molecule has 3 nitrogen and oxygen atoms in total. The Morgan fingerprint density at radius 2 is 1.78 bits per heavy atom. The van der Waals surface area contributed by atoms with Crippen LogP contribution in [-0.2, 0) is 6.54 Å². The van der Waals surface area contributed by atoms with E-state index >= 15 is 0 Å². The molecule has 2 aromatic rings. The number of carbonyl (C=O) groups is 1. The van der Waals surface area contributed by atoms with Gasteiger partial charge in [-0.05, 0) is 42.5 Å². The van der Waals surface area contributed by atoms with Crippen molar-refractivity contribution in [2.45, 2.75) is 45.2 Å². The lowest BCUT2D eigenvalue weighted by Gasteiger charge is -2.32. The number of hydrogen-bond donors (Lipinski definition) is 1. The van der Waals surface area contributed by atoms with E-state index in [0.717, 1.165) is 56.4 Å². The topological polar surface area (TPSA) is 32.3 Å². The van der Waals surface area contributed by atoms with Crippen LogP contribution in [0.15, 0.2) is 60.7 Å². The van der Waals surface area contributed by atoms with Crippen LogP contribution in [0.4, 0.5) is 0 Å². The van der Waals surface area contributed by atoms with Crippen LogP contribution in [0.3, 0.4) is 0 Å². The first-order valence-corrected chi connectivity index (χ1v) is 10.1. The summed E-state index contributed by atoms with van der Waals surface area (Å²) < 4.78 is 0. The van der Waals surface area contributed by atoms with Crippen LogP contribution >= 0.6 is 0 Å². The summed E-state index contributed by atoms with van der Waals surface area (Å²) >= 11 is 0. The minimum absolute atomic E-state index is 0.0422. The van der Waals surface area contributed by atoms with Gasteiger partial charge in [-0.3, -0.25) is 9.69 Å². The Bertz CT molecular complexity index is 729. The number of benzene rings is 2. The molecule has 1 N–H and O–H groups in total. The lowest BCUT2D eigenvalue weighted by molar-refractivity contribution is 0.0909. The second kappa shape index (κ2) is 10.1. The number of nitrogens with one attached hydrogen (secondary N) is 1. The molecule has 27 heavy (non-hydrogen) atoms. The average Bonchev–Trinajstić information content (AvgIpc) is 2.71. The summed E-state index contributed by atoms with van der Waals surface area (Å²) in [6.07, 6.45) is 8.56. The maximum absolute atomic E-state index is 12.5. The number of nitrogens with zero attached hydrogens (tertiary/aromatic N) is 1. The molecule has 2 aromatic carbocycles. The first kappa shape index (κ1) is 19.4. The van der Waals surface area contributed by atoms with Crippen LogP contribution in [0.5, 0.6) is 0 Å². The molecule has 0 spiro atoms. The molecule has 142 valence electrons. The minimum atomic E-state index is 0.0422. The van der Waals surface area contributed by atoms with Gasteiger partial charge in [0, 0.05) is 31.2 Å². The number of likely N-dealkylation sites (tertiary alicyclic amines) is 1. The summed E-state index contributed by atoms with van der Waals surface area (Å²) in [5.74, 6) is 0.0422. The van der Waals surface area contributed by atoms with Gasteiger partial charge >= 0.3 is 0 Å². The molecule has 0 unspecified atom stereocenters. The molecule has 1 aliphatic rings. The number of amides is 1. The van der Waals surface area contributed by atoms with Crippen molar-refractivity contribution in [2.75, 3.05) is 13.1 Å². The smallest absolute Gasteiger partial charge is 0.251 e. The predicted octanol–water partition coefficient (Wildman–Crippen LogP) is 4.89. The van der Waals surface area contributed by atoms with E-state index in [4.69, 9.17) is 0 Å². The van der Waals surface area contributed by atoms with E-state index in [9.17, 15) is 4.79 Å². The Morgan fingerprint density at radius 1 is 1.07 bits per heavy atom. The van der Waals surface area contributed by atoms with E-state index in [2.05, 4.69) is 59.6 Å². The number of carbonyl (C=O) groups excluding carboxylic acids is 1. The van der Waals surface area contributed by atoms with Crippen molar-refractivity contribution >= 4 is 12.0 Å². The monoisotopic (exact) mass is 362 g/mol. The molecule has 1 saturated heterocycles. The standard InChI is InChI=1S/C24H30N2O/c1-2-3-5-8-20-11-13-22(14-12-20)24(27)25-23-15-17-26(18-16-23)19-21-9-6-4-7-10-21/h4-14,23H,2-3,15-19H2,1H3,(H,25,27). The van der Waals surface area contributed by atoms with Gasteiger partial charge in [0.15, 0.2) is 0 Å². The van der Waals surface area contributed by atoms with Gasteiger partial charge in [-0.15, -0.1) is 0 Å². The third kappa shape index (κ3) is 6.07. The van der Waals surface area contributed by atoms with Gasteiger partial charge in [0.05, 0.1) is 0 Å². The largest absolute Gasteiger partial charge is 0.349 e. The van der Waals surface area contributed by atoms with Crippen LogP contribution in [0.1, 0.15) is 54.1 Å². The van der Waals surface area contributed by atoms with Crippen molar-refractivity contribution in [3.05, 3.63) is 77.4 Å². The van der Waals surface area contributed by atoms with Crippen LogP contribution in [0, 0.1) is 0 Å². The summed E-state index contributed by atoms with van der Waals surface area (Å²) in [6.45, 7) is 5.22. The highest BCUT2D eigenvalue weighted by atomic mass is 16.1. The average molecular weight is 363 g/mol. The number of piperidine rings is 1. The number of allylic oxidation sites excluding steroid dienone is 1. The Balaban J connectivity index is 1.45. The van der Waals surface area contributed by atoms with Crippen LogP contribution in [0.2, 0.25) is 0 Å². The van der Waals surface area contributed by atoms with Crippen molar-refractivity contribution in [2.24, 2.45) is 0 Å². The molecule has 1 fully saturated rings. The first-order valence-electron chi connectivity index (χ1n) is 10.1. The first-order chi connectivity index (χ1) is 13.2. The predicted molar refractivity (Wildman–Crippen MR) is 113 cm³/mol. The van der Waals surface area contributed by atoms with E-state index in [1.54, 1.807) is 0 Å². The molecule has 0 aliphatic carbocycles. The third-order valence-electron chi connectivity index (χ3n) is 5.11. The van der Waals surface area contributed by atoms with Crippen molar-refractivity contribution in [1.29, 1.82) is 0 Å². The zero-order valence-corrected chi connectivity index (χ0v) is 16.2. The van der Waals surface area contributed by atoms with Crippen molar-refractivity contribution in [1.82, 2.24) is 10.2 Å². The van der Waals surface area contributed by atoms with Crippen molar-refractivity contribution in [3.8, 4) is 0 Å². The van der Waals surface area contributed by atoms with E-state index in [1.807, 2.05) is 24.3 Å². The summed E-state index contributed by atoms with van der Waals surface area (Å²) in [5, 5.41) is 3.21. The Kier molecular flexibility index (Phi) is 7.23. The Morgan fingerprint density at radius 3 is 2.44 bits per heavy atom. The maximum atomic E-state index is 12.5. The van der Waals surface area contributed by atoms with E-state index in [0.29, 0.717) is 0 Å². The van der Waals surface area contributed by atoms with Gasteiger partial charge in [-0.25, -0.2) is 0 Å². The highest BCUT2D eigenvalue weighted by molar-refractivity contribution is 5.94. The fourth-order valence-electron chi connectivity index (χ4n) is 3.48. The summed E-state index contributed by atoms with van der Waals surface area (Å²) in [6, 6.07) is 18.7. The highest BCUT2D eigenvalue weighted by Crippen LogP contribution is 2.15. The fraction of sp³-hybridized carbons (Fsp3) is 0.375. The molecule has 1 amide bonds. The van der Waals surface area contributed by atoms with Gasteiger partial charge in [-0.2, -0.15) is 0 Å². The van der Waals surface area contributed by atoms with E-state index < -0.39 is 0 Å². The lowest BCUT2D eigenvalue weighted by atomic mass is 10.0. The summed E-state index contributed by atoms with van der Waals surface area (Å²) in [7, 11) is 0. The molecular formula is C24H30N2O. The number of unbranched alkanes of at least 4 members (excludes halogenated alkanes) is 1. The van der Waals surface area contributed by atoms with Gasteiger partial charge in [-0.1, -0.05) is 68.0 Å². The quantitative estimate of drug-likeness (QED) is 0.760. The molecule has 0 radical (unpaired) electrons. The third-order valence-corrected chi connectivity index (χ3v) is 5.11. The number of rotatable bonds is 7. The van der Waals surface area contributed by atoms with Gasteiger partial charge in [0.2, 0.25) is 0 Å². The SMILES string of the molecule is CCCC=Cc1ccc(C(=O)NC2CCN(Cc3ccccc3)CC2)cc1. The van der Waals surface area contributed by atoms with Crippen molar-refractivity contribution < 1.29 is 4.79 Å². The molecular weight excluding hydrogens is 332 g/mol. The molecule has 0 saturated carbocycles. The fourth-order valence-corrected chi connectivity index (χ4v) is 3.48. The molecule has 0 atom stereocenters. The van der Waals surface area contributed by atoms with Gasteiger partial charge in [0.25, 0.3) is 5.91 Å². The normalized spacial score (nSPS) is 15.9. The van der Waals surface area contributed by atoms with Crippen LogP contribution in [0.25, 0.3) is 6.08 Å². The zero-order valence-electron chi connectivity index (χ0n) is 16.2. The van der Waals surface area contributed by atoms with E-state index in [1.165, 1.54) is 5.56 Å². The lowest BCUT2D eigenvalue weighted by Crippen LogP contribution is -2.44. The van der Waals surface area contributed by atoms with Crippen LogP contribution < -0.4 is 5.32 Å². The van der Waals surface area contributed by atoms with Crippen LogP contribution in [-0.4, -0.2) is 29.9 Å². The van der Waals surface area contributed by atoms with E-state index in [-0.39, 0.29) is 11.9 Å². The summed E-state index contributed by atoms with van der Waals surface area (Å²) in [4.78, 5) is 15.0. The second-order valence-electron chi connectivity index (χ2n) is 7.32. The molecule has 3 heteroatoms. The molecule has 0 bridgehead atoms. The summed E-state index contributed by atoms with van der Waals surface area (Å²) in [5.41, 5.74) is 3.25. The van der Waals surface area contributed by atoms with Gasteiger partial charge < -0.3 is 5.32 Å². The zero-order chi connectivity index (χ0) is 18.9. The Labute approximate surface area is 163 Å². The minimum Gasteiger partial charge on any atom is -0.349 e. The highest BCUT2D eigenvalue weighted by Gasteiger charge is 2.21. The van der Waals surface area contributed by atoms with Crippen molar-refractivity contribution in [3.63, 3.8) is 0 Å². The molecule has 1 aliphatic heterocycles.